The summed E-state index contributed by atoms with van der Waals surface area (Å²) >= 11 is 6.22. The van der Waals surface area contributed by atoms with Gasteiger partial charge in [0, 0.05) is 24.0 Å². The third kappa shape index (κ3) is 1.33. The van der Waals surface area contributed by atoms with E-state index in [1.54, 1.807) is 0 Å². The molecule has 1 N–H and O–H groups in total. The van der Waals surface area contributed by atoms with Crippen molar-refractivity contribution in [3.63, 3.8) is 0 Å². The van der Waals surface area contributed by atoms with Gasteiger partial charge >= 0.3 is 0 Å². The first-order chi connectivity index (χ1) is 7.77. The minimum atomic E-state index is -0.00230. The molecule has 1 aromatic carbocycles. The second kappa shape index (κ2) is 3.73. The van der Waals surface area contributed by atoms with Gasteiger partial charge in [0.2, 0.25) is 0 Å². The maximum atomic E-state index is 6.22. The second-order valence-corrected chi connectivity index (χ2v) is 5.11. The molecule has 0 bridgehead atoms. The highest BCUT2D eigenvalue weighted by molar-refractivity contribution is 6.31. The zero-order valence-electron chi connectivity index (χ0n) is 9.42. The van der Waals surface area contributed by atoms with Gasteiger partial charge in [-0.3, -0.25) is 0 Å². The molecule has 3 heteroatoms. The minimum Gasteiger partial charge on any atom is -0.368 e. The largest absolute Gasteiger partial charge is 0.368 e. The molecule has 0 aliphatic carbocycles. The van der Waals surface area contributed by atoms with Crippen LogP contribution in [0, 0.1) is 0 Å². The van der Waals surface area contributed by atoms with Crippen LogP contribution in [0.1, 0.15) is 30.4 Å². The van der Waals surface area contributed by atoms with E-state index >= 15 is 0 Å². The molecule has 0 saturated carbocycles. The van der Waals surface area contributed by atoms with E-state index in [0.717, 1.165) is 24.5 Å². The Bertz CT molecular complexity index is 420. The Hall–Kier alpha value is -0.570. The minimum absolute atomic E-state index is 0.00230. The lowest BCUT2D eigenvalue weighted by Gasteiger charge is -2.39. The van der Waals surface area contributed by atoms with Crippen molar-refractivity contribution in [1.82, 2.24) is 5.32 Å². The molecule has 2 atom stereocenters. The topological polar surface area (TPSA) is 21.3 Å². The van der Waals surface area contributed by atoms with Crippen LogP contribution >= 0.6 is 11.6 Å². The normalized spacial score (nSPS) is 32.2. The highest BCUT2D eigenvalue weighted by Crippen LogP contribution is 2.44. The molecule has 1 fully saturated rings. The molecule has 1 aromatic rings. The van der Waals surface area contributed by atoms with Gasteiger partial charge in [0.25, 0.3) is 0 Å². The molecule has 2 unspecified atom stereocenters. The standard InChI is InChI=1S/C13H16ClNO/c1-2-13-8-15-6-11(13)9-4-3-5-12(14)10(9)7-16-13/h3-5,11,15H,2,6-8H2,1H3. The Kier molecular flexibility index (Phi) is 2.46. The molecule has 0 aromatic heterocycles. The van der Waals surface area contributed by atoms with Crippen LogP contribution in [0.2, 0.25) is 5.02 Å². The summed E-state index contributed by atoms with van der Waals surface area (Å²) in [5, 5.41) is 4.29. The molecule has 2 heterocycles. The summed E-state index contributed by atoms with van der Waals surface area (Å²) in [4.78, 5) is 0. The van der Waals surface area contributed by atoms with E-state index < -0.39 is 0 Å². The zero-order valence-corrected chi connectivity index (χ0v) is 10.2. The average molecular weight is 238 g/mol. The van der Waals surface area contributed by atoms with Crippen molar-refractivity contribution >= 4 is 11.6 Å². The van der Waals surface area contributed by atoms with Crippen LogP contribution in [0.5, 0.6) is 0 Å². The highest BCUT2D eigenvalue weighted by atomic mass is 35.5. The van der Waals surface area contributed by atoms with Crippen molar-refractivity contribution in [3.05, 3.63) is 34.3 Å². The summed E-state index contributed by atoms with van der Waals surface area (Å²) in [6, 6.07) is 6.20. The van der Waals surface area contributed by atoms with E-state index in [4.69, 9.17) is 16.3 Å². The Labute approximate surface area is 101 Å². The molecule has 3 rings (SSSR count). The molecule has 0 radical (unpaired) electrons. The lowest BCUT2D eigenvalue weighted by Crippen LogP contribution is -2.42. The summed E-state index contributed by atoms with van der Waals surface area (Å²) in [5.74, 6) is 0.458. The van der Waals surface area contributed by atoms with Gasteiger partial charge in [-0.05, 0) is 23.6 Å². The van der Waals surface area contributed by atoms with E-state index in [1.807, 2.05) is 12.1 Å². The van der Waals surface area contributed by atoms with Crippen LogP contribution < -0.4 is 5.32 Å². The van der Waals surface area contributed by atoms with Crippen LogP contribution in [0.15, 0.2) is 18.2 Å². The van der Waals surface area contributed by atoms with Crippen molar-refractivity contribution in [2.45, 2.75) is 31.5 Å². The van der Waals surface area contributed by atoms with Crippen LogP contribution in [0.25, 0.3) is 0 Å². The Morgan fingerprint density at radius 1 is 1.56 bits per heavy atom. The predicted octanol–water partition coefficient (Wildman–Crippen LogP) is 2.71. The molecular weight excluding hydrogens is 222 g/mol. The van der Waals surface area contributed by atoms with Crippen LogP contribution in [0.3, 0.4) is 0 Å². The quantitative estimate of drug-likeness (QED) is 0.811. The summed E-state index contributed by atoms with van der Waals surface area (Å²) in [7, 11) is 0. The number of rotatable bonds is 1. The van der Waals surface area contributed by atoms with Gasteiger partial charge in [0.05, 0.1) is 12.2 Å². The van der Waals surface area contributed by atoms with E-state index in [9.17, 15) is 0 Å². The summed E-state index contributed by atoms with van der Waals surface area (Å²) in [5.41, 5.74) is 2.56. The zero-order chi connectivity index (χ0) is 11.2. The van der Waals surface area contributed by atoms with E-state index in [1.165, 1.54) is 11.1 Å². The van der Waals surface area contributed by atoms with Crippen LogP contribution in [-0.4, -0.2) is 18.7 Å². The molecule has 2 aliphatic rings. The second-order valence-electron chi connectivity index (χ2n) is 4.70. The van der Waals surface area contributed by atoms with Gasteiger partial charge in [-0.1, -0.05) is 30.7 Å². The number of hydrogen-bond acceptors (Lipinski definition) is 2. The molecule has 2 nitrogen and oxygen atoms in total. The van der Waals surface area contributed by atoms with E-state index in [-0.39, 0.29) is 5.60 Å². The van der Waals surface area contributed by atoms with Crippen molar-refractivity contribution in [1.29, 1.82) is 0 Å². The smallest absolute Gasteiger partial charge is 0.0888 e. The van der Waals surface area contributed by atoms with Crippen molar-refractivity contribution in [3.8, 4) is 0 Å². The maximum absolute atomic E-state index is 6.22. The number of ether oxygens (including phenoxy) is 1. The van der Waals surface area contributed by atoms with Gasteiger partial charge in [0.15, 0.2) is 0 Å². The molecule has 2 aliphatic heterocycles. The van der Waals surface area contributed by atoms with E-state index in [0.29, 0.717) is 12.5 Å². The van der Waals surface area contributed by atoms with Crippen LogP contribution in [-0.2, 0) is 11.3 Å². The van der Waals surface area contributed by atoms with Crippen LogP contribution in [0.4, 0.5) is 0 Å². The van der Waals surface area contributed by atoms with E-state index in [2.05, 4.69) is 18.3 Å². The third-order valence-corrected chi connectivity index (χ3v) is 4.39. The van der Waals surface area contributed by atoms with Gasteiger partial charge in [-0.15, -0.1) is 0 Å². The SMILES string of the molecule is CCC12CNCC1c1cccc(Cl)c1CO2. The molecular formula is C13H16ClNO. The first-order valence-electron chi connectivity index (χ1n) is 5.89. The first kappa shape index (κ1) is 10.6. The third-order valence-electron chi connectivity index (χ3n) is 4.04. The number of fused-ring (bicyclic) bond motifs is 3. The molecule has 1 saturated heterocycles. The maximum Gasteiger partial charge on any atom is 0.0888 e. The fourth-order valence-corrected chi connectivity index (χ4v) is 3.26. The first-order valence-corrected chi connectivity index (χ1v) is 6.26. The summed E-state index contributed by atoms with van der Waals surface area (Å²) in [6.45, 7) is 4.82. The Balaban J connectivity index is 2.10. The number of nitrogens with one attached hydrogen (secondary N) is 1. The molecule has 0 amide bonds. The van der Waals surface area contributed by atoms with Crippen molar-refractivity contribution in [2.24, 2.45) is 0 Å². The molecule has 86 valence electrons. The molecule has 0 spiro atoms. The highest BCUT2D eigenvalue weighted by Gasteiger charge is 2.46. The fourth-order valence-electron chi connectivity index (χ4n) is 3.03. The fraction of sp³-hybridized carbons (Fsp3) is 0.538. The number of hydrogen-bond donors (Lipinski definition) is 1. The van der Waals surface area contributed by atoms with Gasteiger partial charge in [0.1, 0.15) is 0 Å². The van der Waals surface area contributed by atoms with Crippen molar-refractivity contribution < 1.29 is 4.74 Å². The summed E-state index contributed by atoms with van der Waals surface area (Å²) < 4.78 is 6.10. The molecule has 16 heavy (non-hydrogen) atoms. The van der Waals surface area contributed by atoms with Gasteiger partial charge in [-0.2, -0.15) is 0 Å². The Morgan fingerprint density at radius 2 is 2.44 bits per heavy atom. The van der Waals surface area contributed by atoms with Gasteiger partial charge < -0.3 is 10.1 Å². The summed E-state index contributed by atoms with van der Waals surface area (Å²) in [6.07, 6.45) is 1.05. The Morgan fingerprint density at radius 3 is 3.25 bits per heavy atom. The number of benzene rings is 1. The lowest BCUT2D eigenvalue weighted by atomic mass is 9.79. The monoisotopic (exact) mass is 237 g/mol. The number of halogens is 1. The predicted molar refractivity (Wildman–Crippen MR) is 64.9 cm³/mol. The van der Waals surface area contributed by atoms with Crippen molar-refractivity contribution in [2.75, 3.05) is 13.1 Å². The lowest BCUT2D eigenvalue weighted by molar-refractivity contribution is -0.0678. The average Bonchev–Trinajstić information content (AvgIpc) is 2.74. The van der Waals surface area contributed by atoms with Gasteiger partial charge in [-0.25, -0.2) is 0 Å².